The molecule has 1 N–H and O–H groups in total. The van der Waals surface area contributed by atoms with E-state index in [1.54, 1.807) is 7.11 Å². The van der Waals surface area contributed by atoms with Gasteiger partial charge in [-0.25, -0.2) is 0 Å². The van der Waals surface area contributed by atoms with Gasteiger partial charge in [0.05, 0.1) is 13.5 Å². The molecule has 3 rings (SSSR count). The molecule has 0 spiro atoms. The second kappa shape index (κ2) is 7.64. The summed E-state index contributed by atoms with van der Waals surface area (Å²) in [7, 11) is 1.63. The van der Waals surface area contributed by atoms with Crippen molar-refractivity contribution in [2.45, 2.75) is 20.3 Å². The molecule has 0 radical (unpaired) electrons. The third kappa shape index (κ3) is 3.59. The first kappa shape index (κ1) is 18.0. The summed E-state index contributed by atoms with van der Waals surface area (Å²) in [6, 6.07) is 5.58. The monoisotopic (exact) mass is 355 g/mol. The maximum absolute atomic E-state index is 12.9. The molecule has 1 aliphatic heterocycles. The first-order chi connectivity index (χ1) is 12.5. The number of hydrogen-bond acceptors (Lipinski definition) is 3. The van der Waals surface area contributed by atoms with E-state index in [2.05, 4.69) is 4.98 Å². The minimum atomic E-state index is 0.0194. The fraction of sp³-hybridized carbons (Fsp3) is 0.400. The molecule has 0 unspecified atom stereocenters. The number of benzene rings is 1. The molecule has 0 saturated carbocycles. The van der Waals surface area contributed by atoms with E-state index in [-0.39, 0.29) is 11.8 Å². The summed E-state index contributed by atoms with van der Waals surface area (Å²) in [6.07, 6.45) is 4.05. The topological polar surface area (TPSA) is 65.6 Å². The van der Waals surface area contributed by atoms with Crippen molar-refractivity contribution in [3.8, 4) is 5.75 Å². The number of aromatic nitrogens is 1. The van der Waals surface area contributed by atoms with Gasteiger partial charge in [-0.15, -0.1) is 0 Å². The average Bonchev–Trinajstić information content (AvgIpc) is 3.16. The minimum absolute atomic E-state index is 0.0194. The molecule has 1 aliphatic rings. The molecular formula is C20H25N3O3. The Morgan fingerprint density at radius 3 is 2.35 bits per heavy atom. The third-order valence-corrected chi connectivity index (χ3v) is 5.13. The van der Waals surface area contributed by atoms with Gasteiger partial charge in [0.15, 0.2) is 0 Å². The van der Waals surface area contributed by atoms with Crippen molar-refractivity contribution >= 4 is 11.8 Å². The van der Waals surface area contributed by atoms with E-state index in [0.717, 1.165) is 22.4 Å². The summed E-state index contributed by atoms with van der Waals surface area (Å²) in [5.41, 5.74) is 3.62. The number of nitrogens with one attached hydrogen (secondary N) is 1. The molecule has 6 nitrogen and oxygen atoms in total. The number of carbonyl (C=O) groups is 2. The van der Waals surface area contributed by atoms with Gasteiger partial charge in [-0.1, -0.05) is 0 Å². The molecule has 26 heavy (non-hydrogen) atoms. The highest BCUT2D eigenvalue weighted by Gasteiger charge is 2.26. The molecule has 138 valence electrons. The molecule has 6 heteroatoms. The molecule has 1 saturated heterocycles. The summed E-state index contributed by atoms with van der Waals surface area (Å²) >= 11 is 0. The first-order valence-corrected chi connectivity index (χ1v) is 8.84. The number of piperazine rings is 1. The van der Waals surface area contributed by atoms with Crippen LogP contribution < -0.4 is 4.74 Å². The van der Waals surface area contributed by atoms with Crippen LogP contribution in [-0.4, -0.2) is 59.9 Å². The highest BCUT2D eigenvalue weighted by Crippen LogP contribution is 2.25. The van der Waals surface area contributed by atoms with Crippen molar-refractivity contribution in [3.63, 3.8) is 0 Å². The average molecular weight is 355 g/mol. The molecule has 1 aromatic carbocycles. The Hall–Kier alpha value is -2.76. The van der Waals surface area contributed by atoms with Crippen LogP contribution in [0.3, 0.4) is 0 Å². The number of rotatable bonds is 4. The van der Waals surface area contributed by atoms with Crippen LogP contribution in [0.1, 0.15) is 27.0 Å². The summed E-state index contributed by atoms with van der Waals surface area (Å²) in [5.74, 6) is 0.915. The molecule has 2 heterocycles. The Bertz CT molecular complexity index is 791. The number of hydrogen-bond donors (Lipinski definition) is 1. The van der Waals surface area contributed by atoms with Gasteiger partial charge in [0.1, 0.15) is 5.75 Å². The van der Waals surface area contributed by atoms with Gasteiger partial charge in [0, 0.05) is 44.1 Å². The van der Waals surface area contributed by atoms with Crippen LogP contribution in [0, 0.1) is 13.8 Å². The van der Waals surface area contributed by atoms with E-state index in [1.165, 1.54) is 0 Å². The van der Waals surface area contributed by atoms with Crippen LogP contribution in [0.2, 0.25) is 0 Å². The van der Waals surface area contributed by atoms with Crippen LogP contribution in [0.25, 0.3) is 0 Å². The van der Waals surface area contributed by atoms with Gasteiger partial charge in [-0.2, -0.15) is 0 Å². The molecule has 0 aliphatic carbocycles. The Balaban J connectivity index is 1.62. The zero-order chi connectivity index (χ0) is 18.7. The van der Waals surface area contributed by atoms with Gasteiger partial charge in [0.2, 0.25) is 5.91 Å². The van der Waals surface area contributed by atoms with E-state index in [1.807, 2.05) is 54.2 Å². The SMILES string of the molecule is COc1ccc(C(=O)N2CCN(C(=O)Cc3cc[nH]c3)CC2)c(C)c1C. The van der Waals surface area contributed by atoms with Crippen LogP contribution in [0.5, 0.6) is 5.75 Å². The fourth-order valence-electron chi connectivity index (χ4n) is 3.33. The highest BCUT2D eigenvalue weighted by atomic mass is 16.5. The molecule has 2 amide bonds. The third-order valence-electron chi connectivity index (χ3n) is 5.13. The quantitative estimate of drug-likeness (QED) is 0.914. The molecule has 2 aromatic rings. The predicted molar refractivity (Wildman–Crippen MR) is 99.4 cm³/mol. The minimum Gasteiger partial charge on any atom is -0.496 e. The number of amides is 2. The van der Waals surface area contributed by atoms with E-state index < -0.39 is 0 Å². The van der Waals surface area contributed by atoms with E-state index in [4.69, 9.17) is 4.74 Å². The number of ether oxygens (including phenoxy) is 1. The maximum Gasteiger partial charge on any atom is 0.254 e. The smallest absolute Gasteiger partial charge is 0.254 e. The van der Waals surface area contributed by atoms with Crippen molar-refractivity contribution < 1.29 is 14.3 Å². The molecule has 0 atom stereocenters. The van der Waals surface area contributed by atoms with Crippen molar-refractivity contribution in [1.29, 1.82) is 0 Å². The molecular weight excluding hydrogens is 330 g/mol. The van der Waals surface area contributed by atoms with Crippen LogP contribution >= 0.6 is 0 Å². The summed E-state index contributed by atoms with van der Waals surface area (Å²) in [6.45, 7) is 6.17. The lowest BCUT2D eigenvalue weighted by Crippen LogP contribution is -2.51. The van der Waals surface area contributed by atoms with Crippen molar-refractivity contribution in [3.05, 3.63) is 52.8 Å². The van der Waals surface area contributed by atoms with Gasteiger partial charge < -0.3 is 19.5 Å². The predicted octanol–water partition coefficient (Wildman–Crippen LogP) is 2.17. The van der Waals surface area contributed by atoms with Crippen LogP contribution in [-0.2, 0) is 11.2 Å². The number of nitrogens with zero attached hydrogens (tertiary/aromatic N) is 2. The molecule has 1 aromatic heterocycles. The Labute approximate surface area is 153 Å². The summed E-state index contributed by atoms with van der Waals surface area (Å²) < 4.78 is 5.32. The number of carbonyl (C=O) groups excluding carboxylic acids is 2. The fourth-order valence-corrected chi connectivity index (χ4v) is 3.33. The first-order valence-electron chi connectivity index (χ1n) is 8.84. The molecule has 1 fully saturated rings. The van der Waals surface area contributed by atoms with Gasteiger partial charge in [0.25, 0.3) is 5.91 Å². The largest absolute Gasteiger partial charge is 0.496 e. The van der Waals surface area contributed by atoms with Gasteiger partial charge in [-0.05, 0) is 48.7 Å². The number of H-pyrrole nitrogens is 1. The Kier molecular flexibility index (Phi) is 5.30. The maximum atomic E-state index is 12.9. The number of aromatic amines is 1. The van der Waals surface area contributed by atoms with Gasteiger partial charge in [-0.3, -0.25) is 9.59 Å². The zero-order valence-corrected chi connectivity index (χ0v) is 15.5. The van der Waals surface area contributed by atoms with Gasteiger partial charge >= 0.3 is 0 Å². The van der Waals surface area contributed by atoms with Crippen molar-refractivity contribution in [1.82, 2.24) is 14.8 Å². The second-order valence-corrected chi connectivity index (χ2v) is 6.63. The van der Waals surface area contributed by atoms with E-state index >= 15 is 0 Å². The van der Waals surface area contributed by atoms with E-state index in [0.29, 0.717) is 38.2 Å². The van der Waals surface area contributed by atoms with E-state index in [9.17, 15) is 9.59 Å². The zero-order valence-electron chi connectivity index (χ0n) is 15.5. The highest BCUT2D eigenvalue weighted by molar-refractivity contribution is 5.96. The standard InChI is InChI=1S/C20H25N3O3/c1-14-15(2)18(26-3)5-4-17(14)20(25)23-10-8-22(9-11-23)19(24)12-16-6-7-21-13-16/h4-7,13,21H,8-12H2,1-3H3. The summed E-state index contributed by atoms with van der Waals surface area (Å²) in [5, 5.41) is 0. The summed E-state index contributed by atoms with van der Waals surface area (Å²) in [4.78, 5) is 31.9. The van der Waals surface area contributed by atoms with Crippen molar-refractivity contribution in [2.24, 2.45) is 0 Å². The number of methoxy groups -OCH3 is 1. The Morgan fingerprint density at radius 2 is 1.73 bits per heavy atom. The lowest BCUT2D eigenvalue weighted by molar-refractivity contribution is -0.131. The molecule has 0 bridgehead atoms. The normalized spacial score (nSPS) is 14.4. The second-order valence-electron chi connectivity index (χ2n) is 6.63. The Morgan fingerprint density at radius 1 is 1.04 bits per heavy atom. The van der Waals surface area contributed by atoms with Crippen LogP contribution in [0.15, 0.2) is 30.6 Å². The van der Waals surface area contributed by atoms with Crippen molar-refractivity contribution in [2.75, 3.05) is 33.3 Å². The lowest BCUT2D eigenvalue weighted by atomic mass is 10.0. The van der Waals surface area contributed by atoms with Crippen LogP contribution in [0.4, 0.5) is 0 Å². The lowest BCUT2D eigenvalue weighted by Gasteiger charge is -2.35.